The summed E-state index contributed by atoms with van der Waals surface area (Å²) in [5.74, 6) is 0. The molecule has 0 aromatic heterocycles. The highest BCUT2D eigenvalue weighted by Gasteiger charge is 2.36. The highest BCUT2D eigenvalue weighted by molar-refractivity contribution is 4.94. The molecule has 58 valence electrons. The van der Waals surface area contributed by atoms with Crippen LogP contribution in [0.2, 0.25) is 0 Å². The predicted octanol–water partition coefficient (Wildman–Crippen LogP) is -0.443. The van der Waals surface area contributed by atoms with Crippen molar-refractivity contribution in [1.29, 1.82) is 0 Å². The summed E-state index contributed by atoms with van der Waals surface area (Å²) in [7, 11) is 2.01. The van der Waals surface area contributed by atoms with Gasteiger partial charge in [0.05, 0.1) is 0 Å². The van der Waals surface area contributed by atoms with Gasteiger partial charge in [0.2, 0.25) is 0 Å². The number of hydrogen-bond acceptors (Lipinski definition) is 3. The van der Waals surface area contributed by atoms with Gasteiger partial charge in [0.15, 0.2) is 0 Å². The molecule has 10 heavy (non-hydrogen) atoms. The van der Waals surface area contributed by atoms with Crippen LogP contribution in [0.15, 0.2) is 0 Å². The first-order chi connectivity index (χ1) is 4.92. The molecular formula is C7H15N3. The Morgan fingerprint density at radius 3 is 3.20 bits per heavy atom. The van der Waals surface area contributed by atoms with Crippen LogP contribution in [0.3, 0.4) is 0 Å². The maximum atomic E-state index is 3.50. The van der Waals surface area contributed by atoms with Crippen LogP contribution in [0.5, 0.6) is 0 Å². The van der Waals surface area contributed by atoms with Gasteiger partial charge in [0.1, 0.15) is 0 Å². The van der Waals surface area contributed by atoms with E-state index in [4.69, 9.17) is 0 Å². The third kappa shape index (κ3) is 0.856. The van der Waals surface area contributed by atoms with Crippen molar-refractivity contribution in [2.24, 2.45) is 0 Å². The molecule has 2 aliphatic rings. The Bertz CT molecular complexity index is 126. The van der Waals surface area contributed by atoms with Gasteiger partial charge in [0, 0.05) is 18.6 Å². The van der Waals surface area contributed by atoms with Gasteiger partial charge in [-0.3, -0.25) is 5.43 Å². The zero-order chi connectivity index (χ0) is 6.97. The average Bonchev–Trinajstić information content (AvgIpc) is 2.44. The van der Waals surface area contributed by atoms with Crippen molar-refractivity contribution in [3.05, 3.63) is 0 Å². The molecule has 3 nitrogen and oxygen atoms in total. The molecule has 0 radical (unpaired) electrons. The lowest BCUT2D eigenvalue weighted by Crippen LogP contribution is -2.41. The number of nitrogens with zero attached hydrogens (tertiary/aromatic N) is 1. The van der Waals surface area contributed by atoms with E-state index in [-0.39, 0.29) is 0 Å². The van der Waals surface area contributed by atoms with Crippen LogP contribution in [-0.4, -0.2) is 37.2 Å². The van der Waals surface area contributed by atoms with Crippen LogP contribution >= 0.6 is 0 Å². The fraction of sp³-hybridized carbons (Fsp3) is 1.00. The first-order valence-electron chi connectivity index (χ1n) is 4.09. The summed E-state index contributed by atoms with van der Waals surface area (Å²) in [6, 6.07) is 1.54. The Hall–Kier alpha value is -0.120. The summed E-state index contributed by atoms with van der Waals surface area (Å²) < 4.78 is 0. The molecular weight excluding hydrogens is 126 g/mol. The number of nitrogens with one attached hydrogen (secondary N) is 2. The summed E-state index contributed by atoms with van der Waals surface area (Å²) in [6.07, 6.45) is 2.62. The smallest absolute Gasteiger partial charge is 0.0409 e. The highest BCUT2D eigenvalue weighted by atomic mass is 15.5. The third-order valence-electron chi connectivity index (χ3n) is 2.68. The lowest BCUT2D eigenvalue weighted by molar-refractivity contribution is 0.189. The standard InChI is InChI=1S/C7H15N3/c1-8-10-5-3-6-7(10)2-4-9-6/h6-9H,2-5H2,1H3/t6-,7-/m1/s1. The van der Waals surface area contributed by atoms with E-state index in [1.165, 1.54) is 25.9 Å². The molecule has 2 atom stereocenters. The molecule has 0 bridgehead atoms. The van der Waals surface area contributed by atoms with E-state index in [0.717, 1.165) is 12.1 Å². The molecule has 0 saturated carbocycles. The summed E-state index contributed by atoms with van der Waals surface area (Å²) in [5.41, 5.74) is 3.23. The van der Waals surface area contributed by atoms with E-state index in [1.54, 1.807) is 0 Å². The Labute approximate surface area is 61.7 Å². The van der Waals surface area contributed by atoms with Crippen molar-refractivity contribution in [3.8, 4) is 0 Å². The fourth-order valence-corrected chi connectivity index (χ4v) is 2.14. The Kier molecular flexibility index (Phi) is 1.64. The first kappa shape index (κ1) is 6.58. The highest BCUT2D eigenvalue weighted by Crippen LogP contribution is 2.22. The molecule has 2 fully saturated rings. The summed E-state index contributed by atoms with van der Waals surface area (Å²) in [4.78, 5) is 0. The molecule has 2 N–H and O–H groups in total. The van der Waals surface area contributed by atoms with Crippen molar-refractivity contribution >= 4 is 0 Å². The van der Waals surface area contributed by atoms with Gasteiger partial charge < -0.3 is 5.32 Å². The molecule has 0 aromatic carbocycles. The van der Waals surface area contributed by atoms with Crippen molar-refractivity contribution in [3.63, 3.8) is 0 Å². The van der Waals surface area contributed by atoms with E-state index < -0.39 is 0 Å². The molecule has 0 spiro atoms. The van der Waals surface area contributed by atoms with Gasteiger partial charge in [-0.1, -0.05) is 0 Å². The number of hydrogen-bond donors (Lipinski definition) is 2. The van der Waals surface area contributed by atoms with Crippen molar-refractivity contribution < 1.29 is 0 Å². The van der Waals surface area contributed by atoms with Gasteiger partial charge in [-0.15, -0.1) is 0 Å². The second-order valence-corrected chi connectivity index (χ2v) is 3.12. The maximum absolute atomic E-state index is 3.50. The molecule has 0 unspecified atom stereocenters. The average molecular weight is 141 g/mol. The van der Waals surface area contributed by atoms with Crippen LogP contribution in [0.1, 0.15) is 12.8 Å². The van der Waals surface area contributed by atoms with Gasteiger partial charge >= 0.3 is 0 Å². The SMILES string of the molecule is CNN1CC[C@H]2NCC[C@H]21. The Balaban J connectivity index is 2.01. The second-order valence-electron chi connectivity index (χ2n) is 3.12. The van der Waals surface area contributed by atoms with E-state index >= 15 is 0 Å². The predicted molar refractivity (Wildman–Crippen MR) is 40.6 cm³/mol. The van der Waals surface area contributed by atoms with Gasteiger partial charge in [0.25, 0.3) is 0 Å². The normalized spacial score (nSPS) is 40.5. The molecule has 2 heterocycles. The summed E-state index contributed by atoms with van der Waals surface area (Å²) in [5, 5.41) is 5.85. The van der Waals surface area contributed by atoms with Crippen LogP contribution < -0.4 is 10.7 Å². The minimum Gasteiger partial charge on any atom is -0.312 e. The van der Waals surface area contributed by atoms with E-state index in [0.29, 0.717) is 0 Å². The lowest BCUT2D eigenvalue weighted by atomic mass is 10.1. The van der Waals surface area contributed by atoms with Gasteiger partial charge in [-0.25, -0.2) is 5.01 Å². The monoisotopic (exact) mass is 141 g/mol. The van der Waals surface area contributed by atoms with Crippen LogP contribution in [0, 0.1) is 0 Å². The topological polar surface area (TPSA) is 27.3 Å². The van der Waals surface area contributed by atoms with E-state index in [9.17, 15) is 0 Å². The molecule has 0 amide bonds. The maximum Gasteiger partial charge on any atom is 0.0409 e. The number of rotatable bonds is 1. The fourth-order valence-electron chi connectivity index (χ4n) is 2.14. The largest absolute Gasteiger partial charge is 0.312 e. The Morgan fingerprint density at radius 2 is 2.40 bits per heavy atom. The Morgan fingerprint density at radius 1 is 1.50 bits per heavy atom. The molecule has 2 rings (SSSR count). The van der Waals surface area contributed by atoms with Crippen LogP contribution in [-0.2, 0) is 0 Å². The quantitative estimate of drug-likeness (QED) is 0.518. The second kappa shape index (κ2) is 2.49. The zero-order valence-corrected chi connectivity index (χ0v) is 6.43. The van der Waals surface area contributed by atoms with Crippen molar-refractivity contribution in [2.75, 3.05) is 20.1 Å². The molecule has 3 heteroatoms. The summed E-state index contributed by atoms with van der Waals surface area (Å²) in [6.45, 7) is 2.41. The van der Waals surface area contributed by atoms with Crippen LogP contribution in [0.25, 0.3) is 0 Å². The number of hydrazine groups is 1. The van der Waals surface area contributed by atoms with Crippen molar-refractivity contribution in [2.45, 2.75) is 24.9 Å². The van der Waals surface area contributed by atoms with Crippen molar-refractivity contribution in [1.82, 2.24) is 15.8 Å². The van der Waals surface area contributed by atoms with E-state index in [1.807, 2.05) is 7.05 Å². The molecule has 2 saturated heterocycles. The van der Waals surface area contributed by atoms with Crippen LogP contribution in [0.4, 0.5) is 0 Å². The third-order valence-corrected chi connectivity index (χ3v) is 2.68. The van der Waals surface area contributed by atoms with Gasteiger partial charge in [-0.05, 0) is 26.4 Å². The molecule has 0 aromatic rings. The molecule has 2 aliphatic heterocycles. The van der Waals surface area contributed by atoms with E-state index in [2.05, 4.69) is 15.8 Å². The first-order valence-corrected chi connectivity index (χ1v) is 4.09. The number of fused-ring (bicyclic) bond motifs is 1. The zero-order valence-electron chi connectivity index (χ0n) is 6.43. The van der Waals surface area contributed by atoms with Gasteiger partial charge in [-0.2, -0.15) is 0 Å². The summed E-state index contributed by atoms with van der Waals surface area (Å²) >= 11 is 0. The molecule has 0 aliphatic carbocycles. The lowest BCUT2D eigenvalue weighted by Gasteiger charge is -2.20. The minimum atomic E-state index is 0.769. The minimum absolute atomic E-state index is 0.769.